The van der Waals surface area contributed by atoms with Gasteiger partial charge in [-0.2, -0.15) is 0 Å². The molecular formula is C16H23N3O2. The lowest BCUT2D eigenvalue weighted by Gasteiger charge is -2.45. The Morgan fingerprint density at radius 1 is 1.19 bits per heavy atom. The minimum atomic E-state index is 0.0158. The number of amides is 2. The highest BCUT2D eigenvalue weighted by Crippen LogP contribution is 2.19. The third-order valence-electron chi connectivity index (χ3n) is 4.18. The molecule has 0 radical (unpaired) electrons. The van der Waals surface area contributed by atoms with Gasteiger partial charge in [-0.25, -0.2) is 4.79 Å². The van der Waals surface area contributed by atoms with Crippen LogP contribution < -0.4 is 5.32 Å². The van der Waals surface area contributed by atoms with Crippen LogP contribution in [0.5, 0.6) is 0 Å². The first-order valence-corrected chi connectivity index (χ1v) is 7.69. The number of nitrogens with one attached hydrogen (secondary N) is 1. The summed E-state index contributed by atoms with van der Waals surface area (Å²) in [6.07, 6.45) is 0.305. The van der Waals surface area contributed by atoms with Crippen molar-refractivity contribution in [2.24, 2.45) is 0 Å². The zero-order valence-corrected chi connectivity index (χ0v) is 12.5. The highest BCUT2D eigenvalue weighted by molar-refractivity contribution is 5.74. The SMILES string of the molecule is CCN1C[C@@H]2CN(C(=O)NCc3ccccc3)C[C@H](C1)O2. The second kappa shape index (κ2) is 6.45. The maximum Gasteiger partial charge on any atom is 0.317 e. The summed E-state index contributed by atoms with van der Waals surface area (Å²) in [4.78, 5) is 16.6. The molecule has 21 heavy (non-hydrogen) atoms. The van der Waals surface area contributed by atoms with Crippen molar-refractivity contribution in [1.29, 1.82) is 0 Å². The fourth-order valence-corrected chi connectivity index (χ4v) is 3.09. The van der Waals surface area contributed by atoms with E-state index in [1.165, 1.54) is 0 Å². The summed E-state index contributed by atoms with van der Waals surface area (Å²) < 4.78 is 5.93. The highest BCUT2D eigenvalue weighted by Gasteiger charge is 2.35. The first-order chi connectivity index (χ1) is 10.2. The predicted octanol–water partition coefficient (Wildman–Crippen LogP) is 1.30. The van der Waals surface area contributed by atoms with Crippen molar-refractivity contribution in [3.63, 3.8) is 0 Å². The van der Waals surface area contributed by atoms with Crippen LogP contribution in [0, 0.1) is 0 Å². The zero-order valence-electron chi connectivity index (χ0n) is 12.5. The number of morpholine rings is 2. The van der Waals surface area contributed by atoms with Gasteiger partial charge in [0.15, 0.2) is 0 Å². The molecule has 2 fully saturated rings. The molecule has 114 valence electrons. The Bertz CT molecular complexity index is 466. The van der Waals surface area contributed by atoms with E-state index in [0.717, 1.165) is 25.2 Å². The molecule has 2 saturated heterocycles. The third-order valence-corrected chi connectivity index (χ3v) is 4.18. The van der Waals surface area contributed by atoms with Crippen molar-refractivity contribution in [3.8, 4) is 0 Å². The smallest absolute Gasteiger partial charge is 0.317 e. The minimum absolute atomic E-state index is 0.0158. The van der Waals surface area contributed by atoms with Gasteiger partial charge in [-0.3, -0.25) is 4.90 Å². The standard InChI is InChI=1S/C16H23N3O2/c1-2-18-9-14-11-19(12-15(10-18)21-14)16(20)17-8-13-6-4-3-5-7-13/h3-7,14-15H,2,8-12H2,1H3,(H,17,20)/t14-,15+. The van der Waals surface area contributed by atoms with Crippen LogP contribution in [0.2, 0.25) is 0 Å². The van der Waals surface area contributed by atoms with Crippen LogP contribution in [0.4, 0.5) is 4.79 Å². The van der Waals surface area contributed by atoms with Gasteiger partial charge in [0.05, 0.1) is 12.2 Å². The largest absolute Gasteiger partial charge is 0.369 e. The maximum absolute atomic E-state index is 12.3. The number of benzene rings is 1. The van der Waals surface area contributed by atoms with Crippen LogP contribution in [0.15, 0.2) is 30.3 Å². The summed E-state index contributed by atoms with van der Waals surface area (Å²) in [5, 5.41) is 3.00. The van der Waals surface area contributed by atoms with E-state index in [9.17, 15) is 4.79 Å². The molecule has 0 unspecified atom stereocenters. The molecule has 2 aliphatic rings. The number of rotatable bonds is 3. The molecule has 2 bridgehead atoms. The predicted molar refractivity (Wildman–Crippen MR) is 81.0 cm³/mol. The average molecular weight is 289 g/mol. The second-order valence-electron chi connectivity index (χ2n) is 5.78. The lowest BCUT2D eigenvalue weighted by molar-refractivity contribution is -0.127. The molecule has 5 nitrogen and oxygen atoms in total. The van der Waals surface area contributed by atoms with E-state index in [2.05, 4.69) is 17.1 Å². The molecule has 0 aromatic heterocycles. The normalized spacial score (nSPS) is 25.7. The number of carbonyl (C=O) groups excluding carboxylic acids is 1. The monoisotopic (exact) mass is 289 g/mol. The Kier molecular flexibility index (Phi) is 4.41. The van der Waals surface area contributed by atoms with E-state index in [1.807, 2.05) is 35.2 Å². The number of urea groups is 1. The Balaban J connectivity index is 1.52. The van der Waals surface area contributed by atoms with Gasteiger partial charge in [0.2, 0.25) is 0 Å². The minimum Gasteiger partial charge on any atom is -0.369 e. The van der Waals surface area contributed by atoms with Gasteiger partial charge in [0.25, 0.3) is 0 Å². The molecule has 0 aliphatic carbocycles. The Morgan fingerprint density at radius 3 is 2.48 bits per heavy atom. The molecular weight excluding hydrogens is 266 g/mol. The van der Waals surface area contributed by atoms with Crippen molar-refractivity contribution < 1.29 is 9.53 Å². The lowest BCUT2D eigenvalue weighted by atomic mass is 10.1. The molecule has 5 heteroatoms. The van der Waals surface area contributed by atoms with Crippen LogP contribution in [-0.4, -0.2) is 60.8 Å². The van der Waals surface area contributed by atoms with Crippen LogP contribution in [-0.2, 0) is 11.3 Å². The Hall–Kier alpha value is -1.59. The topological polar surface area (TPSA) is 44.8 Å². The van der Waals surface area contributed by atoms with Gasteiger partial charge in [-0.05, 0) is 12.1 Å². The van der Waals surface area contributed by atoms with E-state index < -0.39 is 0 Å². The highest BCUT2D eigenvalue weighted by atomic mass is 16.5. The van der Waals surface area contributed by atoms with Gasteiger partial charge >= 0.3 is 6.03 Å². The molecule has 1 N–H and O–H groups in total. The third kappa shape index (κ3) is 3.54. The summed E-state index contributed by atoms with van der Waals surface area (Å²) >= 11 is 0. The number of nitrogens with zero attached hydrogens (tertiary/aromatic N) is 2. The van der Waals surface area contributed by atoms with E-state index in [4.69, 9.17) is 4.74 Å². The summed E-state index contributed by atoms with van der Waals surface area (Å²) in [6, 6.07) is 10.0. The summed E-state index contributed by atoms with van der Waals surface area (Å²) in [7, 11) is 0. The fraction of sp³-hybridized carbons (Fsp3) is 0.562. The molecule has 0 saturated carbocycles. The molecule has 0 spiro atoms. The van der Waals surface area contributed by atoms with Gasteiger partial charge in [-0.1, -0.05) is 37.3 Å². The summed E-state index contributed by atoms with van der Waals surface area (Å²) in [5.74, 6) is 0. The molecule has 1 aromatic carbocycles. The van der Waals surface area contributed by atoms with Crippen LogP contribution in [0.25, 0.3) is 0 Å². The van der Waals surface area contributed by atoms with Crippen molar-refractivity contribution in [3.05, 3.63) is 35.9 Å². The maximum atomic E-state index is 12.3. The van der Waals surface area contributed by atoms with Crippen molar-refractivity contribution >= 4 is 6.03 Å². The van der Waals surface area contributed by atoms with Crippen LogP contribution in [0.3, 0.4) is 0 Å². The number of hydrogen-bond donors (Lipinski definition) is 1. The average Bonchev–Trinajstić information content (AvgIpc) is 2.52. The molecule has 2 atom stereocenters. The van der Waals surface area contributed by atoms with Gasteiger partial charge in [0, 0.05) is 32.7 Å². The number of carbonyl (C=O) groups is 1. The van der Waals surface area contributed by atoms with Crippen LogP contribution >= 0.6 is 0 Å². The number of fused-ring (bicyclic) bond motifs is 2. The first-order valence-electron chi connectivity index (χ1n) is 7.69. The van der Waals surface area contributed by atoms with Gasteiger partial charge in [0.1, 0.15) is 0 Å². The zero-order chi connectivity index (χ0) is 14.7. The Labute approximate surface area is 125 Å². The van der Waals surface area contributed by atoms with Gasteiger partial charge in [-0.15, -0.1) is 0 Å². The van der Waals surface area contributed by atoms with E-state index >= 15 is 0 Å². The molecule has 2 heterocycles. The van der Waals surface area contributed by atoms with E-state index in [1.54, 1.807) is 0 Å². The number of likely N-dealkylation sites (N-methyl/N-ethyl adjacent to an activating group) is 1. The lowest BCUT2D eigenvalue weighted by Crippen LogP contribution is -2.61. The Morgan fingerprint density at radius 2 is 1.86 bits per heavy atom. The summed E-state index contributed by atoms with van der Waals surface area (Å²) in [5.41, 5.74) is 1.12. The van der Waals surface area contributed by atoms with Crippen LogP contribution in [0.1, 0.15) is 12.5 Å². The molecule has 1 aromatic rings. The quantitative estimate of drug-likeness (QED) is 0.912. The van der Waals surface area contributed by atoms with E-state index in [0.29, 0.717) is 19.6 Å². The van der Waals surface area contributed by atoms with Crippen molar-refractivity contribution in [2.75, 3.05) is 32.7 Å². The molecule has 2 aliphatic heterocycles. The van der Waals surface area contributed by atoms with Crippen molar-refractivity contribution in [1.82, 2.24) is 15.1 Å². The number of hydrogen-bond acceptors (Lipinski definition) is 3. The molecule has 3 rings (SSSR count). The summed E-state index contributed by atoms with van der Waals surface area (Å²) in [6.45, 7) is 7.03. The first kappa shape index (κ1) is 14.4. The van der Waals surface area contributed by atoms with Gasteiger partial charge < -0.3 is 15.0 Å². The molecule has 2 amide bonds. The second-order valence-corrected chi connectivity index (χ2v) is 5.78. The number of ether oxygens (including phenoxy) is 1. The van der Waals surface area contributed by atoms with Crippen molar-refractivity contribution in [2.45, 2.75) is 25.7 Å². The van der Waals surface area contributed by atoms with E-state index in [-0.39, 0.29) is 18.2 Å². The fourth-order valence-electron chi connectivity index (χ4n) is 3.09.